The van der Waals surface area contributed by atoms with Gasteiger partial charge in [-0.2, -0.15) is 9.93 Å². The molecule has 3 nitrogen and oxygen atoms in total. The lowest BCUT2D eigenvalue weighted by Crippen LogP contribution is -2.16. The molecule has 0 aromatic carbocycles. The van der Waals surface area contributed by atoms with Crippen molar-refractivity contribution in [2.24, 2.45) is 5.10 Å². The van der Waals surface area contributed by atoms with Gasteiger partial charge in [-0.3, -0.25) is 0 Å². The average Bonchev–Trinajstić information content (AvgIpc) is 1.87. The van der Waals surface area contributed by atoms with Crippen LogP contribution in [0.25, 0.3) is 0 Å². The number of hydrogen-bond acceptors (Lipinski definition) is 4. The van der Waals surface area contributed by atoms with Crippen molar-refractivity contribution in [3.8, 4) is 0 Å². The first-order valence-corrected chi connectivity index (χ1v) is 2.82. The largest absolute Gasteiger partial charge is 0.222 e. The molecule has 1 rings (SSSR count). The van der Waals surface area contributed by atoms with E-state index in [1.807, 2.05) is 14.0 Å². The average molecular weight is 117 g/mol. The van der Waals surface area contributed by atoms with Crippen molar-refractivity contribution < 1.29 is 0 Å². The molecule has 0 bridgehead atoms. The Bertz CT molecular complexity index is 100. The summed E-state index contributed by atoms with van der Waals surface area (Å²) in [6.07, 6.45) is 0. The first kappa shape index (κ1) is 4.93. The van der Waals surface area contributed by atoms with Crippen LogP contribution >= 0.6 is 11.9 Å². The number of rotatable bonds is 0. The molecule has 0 spiro atoms. The van der Waals surface area contributed by atoms with E-state index in [1.54, 1.807) is 5.12 Å². The van der Waals surface area contributed by atoms with E-state index in [0.29, 0.717) is 0 Å². The fourth-order valence-corrected chi connectivity index (χ4v) is 0.853. The molecule has 0 atom stereocenters. The van der Waals surface area contributed by atoms with Crippen molar-refractivity contribution in [2.45, 2.75) is 6.92 Å². The molecule has 4 heteroatoms. The number of nitrogens with one attached hydrogen (secondary N) is 1. The second-order valence-electron chi connectivity index (χ2n) is 1.34. The van der Waals surface area contributed by atoms with Gasteiger partial charge in [-0.25, -0.2) is 5.12 Å². The Balaban J connectivity index is 2.50. The van der Waals surface area contributed by atoms with Crippen LogP contribution in [-0.4, -0.2) is 17.2 Å². The van der Waals surface area contributed by atoms with Gasteiger partial charge in [-0.05, 0) is 18.9 Å². The van der Waals surface area contributed by atoms with E-state index in [-0.39, 0.29) is 0 Å². The molecule has 0 unspecified atom stereocenters. The van der Waals surface area contributed by atoms with Gasteiger partial charge in [0.25, 0.3) is 0 Å². The monoisotopic (exact) mass is 117 g/mol. The molecular formula is C3H7N3S. The van der Waals surface area contributed by atoms with Gasteiger partial charge in [0.2, 0.25) is 0 Å². The van der Waals surface area contributed by atoms with Crippen LogP contribution in [0.5, 0.6) is 0 Å². The first-order chi connectivity index (χ1) is 3.29. The predicted octanol–water partition coefficient (Wildman–Crippen LogP) is 0.418. The summed E-state index contributed by atoms with van der Waals surface area (Å²) in [4.78, 5) is 2.92. The van der Waals surface area contributed by atoms with Crippen LogP contribution in [0.15, 0.2) is 5.10 Å². The Kier molecular flexibility index (Phi) is 1.21. The third-order valence-corrected chi connectivity index (χ3v) is 1.35. The van der Waals surface area contributed by atoms with Crippen molar-refractivity contribution in [2.75, 3.05) is 7.05 Å². The van der Waals surface area contributed by atoms with Crippen molar-refractivity contribution >= 4 is 17.0 Å². The minimum atomic E-state index is 1.06. The van der Waals surface area contributed by atoms with Crippen LogP contribution in [0.2, 0.25) is 0 Å². The number of hydrazone groups is 1. The summed E-state index contributed by atoms with van der Waals surface area (Å²) in [6, 6.07) is 0. The van der Waals surface area contributed by atoms with Crippen LogP contribution in [0.4, 0.5) is 0 Å². The Morgan fingerprint density at radius 3 is 2.71 bits per heavy atom. The van der Waals surface area contributed by atoms with E-state index in [2.05, 4.69) is 9.93 Å². The Morgan fingerprint density at radius 2 is 2.57 bits per heavy atom. The SMILES string of the molecule is CC1=NN(C)NS1. The summed E-state index contributed by atoms with van der Waals surface area (Å²) in [6.45, 7) is 1.96. The Labute approximate surface area is 46.9 Å². The second-order valence-corrected chi connectivity index (χ2v) is 2.31. The third-order valence-electron chi connectivity index (χ3n) is 0.616. The number of hydrazine groups is 1. The molecule has 0 saturated carbocycles. The molecule has 0 fully saturated rings. The molecule has 0 aliphatic carbocycles. The van der Waals surface area contributed by atoms with E-state index >= 15 is 0 Å². The minimum absolute atomic E-state index is 1.06. The van der Waals surface area contributed by atoms with E-state index in [4.69, 9.17) is 0 Å². The number of nitrogens with zero attached hydrogens (tertiary/aromatic N) is 2. The van der Waals surface area contributed by atoms with Gasteiger partial charge >= 0.3 is 0 Å². The van der Waals surface area contributed by atoms with Crippen molar-refractivity contribution in [1.29, 1.82) is 0 Å². The Hall–Kier alpha value is -0.220. The zero-order valence-electron chi connectivity index (χ0n) is 4.30. The molecule has 1 heterocycles. The van der Waals surface area contributed by atoms with Crippen molar-refractivity contribution in [1.82, 2.24) is 9.95 Å². The molecule has 1 N–H and O–H groups in total. The zero-order chi connectivity index (χ0) is 5.28. The molecule has 0 aromatic heterocycles. The van der Waals surface area contributed by atoms with E-state index in [9.17, 15) is 0 Å². The first-order valence-electron chi connectivity index (χ1n) is 2.00. The fraction of sp³-hybridized carbons (Fsp3) is 0.667. The van der Waals surface area contributed by atoms with Gasteiger partial charge in [0.1, 0.15) is 5.04 Å². The predicted molar refractivity (Wildman–Crippen MR) is 31.6 cm³/mol. The van der Waals surface area contributed by atoms with Gasteiger partial charge in [0.15, 0.2) is 0 Å². The van der Waals surface area contributed by atoms with E-state index in [1.165, 1.54) is 11.9 Å². The van der Waals surface area contributed by atoms with Crippen LogP contribution in [-0.2, 0) is 0 Å². The molecule has 1 aliphatic heterocycles. The standard InChI is InChI=1S/C3H7N3S/c1-3-4-6(2)5-7-3/h5H,1-2H3. The highest BCUT2D eigenvalue weighted by Crippen LogP contribution is 2.06. The summed E-state index contributed by atoms with van der Waals surface area (Å²) < 4.78 is 0. The lowest BCUT2D eigenvalue weighted by atomic mass is 10.9. The van der Waals surface area contributed by atoms with Crippen LogP contribution in [0, 0.1) is 0 Å². The third kappa shape index (κ3) is 1.07. The molecule has 40 valence electrons. The van der Waals surface area contributed by atoms with Gasteiger partial charge < -0.3 is 0 Å². The van der Waals surface area contributed by atoms with Gasteiger partial charge in [0, 0.05) is 7.05 Å². The molecule has 7 heavy (non-hydrogen) atoms. The smallest absolute Gasteiger partial charge is 0.108 e. The maximum absolute atomic E-state index is 3.99. The Morgan fingerprint density at radius 1 is 1.86 bits per heavy atom. The summed E-state index contributed by atoms with van der Waals surface area (Å²) in [7, 11) is 1.86. The molecule has 0 amide bonds. The van der Waals surface area contributed by atoms with E-state index in [0.717, 1.165) is 5.04 Å². The second kappa shape index (κ2) is 1.71. The molecule has 0 radical (unpaired) electrons. The summed E-state index contributed by atoms with van der Waals surface area (Å²) in [5.74, 6) is 0. The maximum atomic E-state index is 3.99. The van der Waals surface area contributed by atoms with Gasteiger partial charge in [0.05, 0.1) is 0 Å². The van der Waals surface area contributed by atoms with Crippen LogP contribution in [0.3, 0.4) is 0 Å². The lowest BCUT2D eigenvalue weighted by Gasteiger charge is -2.00. The normalized spacial score (nSPS) is 20.3. The number of hydrogen-bond donors (Lipinski definition) is 1. The van der Waals surface area contributed by atoms with Crippen LogP contribution in [0.1, 0.15) is 6.92 Å². The summed E-state index contributed by atoms with van der Waals surface area (Å²) in [5, 5.41) is 6.73. The van der Waals surface area contributed by atoms with Crippen molar-refractivity contribution in [3.05, 3.63) is 0 Å². The van der Waals surface area contributed by atoms with E-state index < -0.39 is 0 Å². The summed E-state index contributed by atoms with van der Waals surface area (Å²) in [5.41, 5.74) is 0. The van der Waals surface area contributed by atoms with Gasteiger partial charge in [-0.1, -0.05) is 0 Å². The minimum Gasteiger partial charge on any atom is -0.222 e. The van der Waals surface area contributed by atoms with Crippen molar-refractivity contribution in [3.63, 3.8) is 0 Å². The highest BCUT2D eigenvalue weighted by molar-refractivity contribution is 8.12. The highest BCUT2D eigenvalue weighted by atomic mass is 32.2. The molecule has 0 saturated heterocycles. The lowest BCUT2D eigenvalue weighted by molar-refractivity contribution is 0.340. The highest BCUT2D eigenvalue weighted by Gasteiger charge is 2.03. The quantitative estimate of drug-likeness (QED) is 0.466. The summed E-state index contributed by atoms with van der Waals surface area (Å²) >= 11 is 1.53. The van der Waals surface area contributed by atoms with Gasteiger partial charge in [-0.15, -0.1) is 0 Å². The molecule has 1 aliphatic rings. The topological polar surface area (TPSA) is 27.6 Å². The maximum Gasteiger partial charge on any atom is 0.108 e. The van der Waals surface area contributed by atoms with Crippen LogP contribution < -0.4 is 4.83 Å². The molecule has 0 aromatic rings. The molecular weight excluding hydrogens is 110 g/mol. The fourth-order valence-electron chi connectivity index (χ4n) is 0.384. The zero-order valence-corrected chi connectivity index (χ0v) is 5.12.